The van der Waals surface area contributed by atoms with Gasteiger partial charge in [0.05, 0.1) is 13.2 Å². The number of carbonyl (C=O) groups excluding carboxylic acids is 1. The van der Waals surface area contributed by atoms with E-state index in [2.05, 4.69) is 11.4 Å². The molecule has 5 heteroatoms. The third-order valence-electron chi connectivity index (χ3n) is 4.18. The van der Waals surface area contributed by atoms with Crippen LogP contribution in [0.3, 0.4) is 0 Å². The number of nitrogens with zero attached hydrogens (tertiary/aromatic N) is 1. The van der Waals surface area contributed by atoms with E-state index < -0.39 is 0 Å². The van der Waals surface area contributed by atoms with Crippen LogP contribution < -0.4 is 10.1 Å². The number of amides is 2. The molecule has 0 spiro atoms. The average Bonchev–Trinajstić information content (AvgIpc) is 2.55. The molecular weight excluding hydrogens is 292 g/mol. The minimum absolute atomic E-state index is 0.0235. The molecule has 1 fully saturated rings. The molecular formula is C18H28N2O3. The summed E-state index contributed by atoms with van der Waals surface area (Å²) in [4.78, 5) is 14.2. The van der Waals surface area contributed by atoms with Crippen LogP contribution >= 0.6 is 0 Å². The number of nitrogens with one attached hydrogen (secondary N) is 1. The van der Waals surface area contributed by atoms with Gasteiger partial charge in [-0.1, -0.05) is 12.1 Å². The predicted octanol–water partition coefficient (Wildman–Crippen LogP) is 2.84. The Bertz CT molecular complexity index is 499. The molecule has 0 saturated carbocycles. The molecule has 23 heavy (non-hydrogen) atoms. The molecule has 1 aromatic carbocycles. The molecule has 5 nitrogen and oxygen atoms in total. The Morgan fingerprint density at radius 1 is 1.39 bits per heavy atom. The molecule has 128 valence electrons. The lowest BCUT2D eigenvalue weighted by molar-refractivity contribution is 0.0218. The molecule has 2 amide bonds. The van der Waals surface area contributed by atoms with E-state index in [0.717, 1.165) is 50.3 Å². The molecule has 1 aromatic rings. The van der Waals surface area contributed by atoms with Gasteiger partial charge in [0.15, 0.2) is 0 Å². The Kier molecular flexibility index (Phi) is 6.71. The summed E-state index contributed by atoms with van der Waals surface area (Å²) < 4.78 is 10.9. The van der Waals surface area contributed by atoms with Gasteiger partial charge in [-0.2, -0.15) is 0 Å². The minimum Gasteiger partial charge on any atom is -0.497 e. The summed E-state index contributed by atoms with van der Waals surface area (Å²) in [5, 5.41) is 3.09. The van der Waals surface area contributed by atoms with E-state index in [1.165, 1.54) is 0 Å². The zero-order valence-corrected chi connectivity index (χ0v) is 14.4. The summed E-state index contributed by atoms with van der Waals surface area (Å²) in [5.74, 6) is 0.846. The van der Waals surface area contributed by atoms with Gasteiger partial charge in [-0.3, -0.25) is 0 Å². The number of methoxy groups -OCH3 is 1. The summed E-state index contributed by atoms with van der Waals surface area (Å²) in [6.07, 6.45) is 2.94. The summed E-state index contributed by atoms with van der Waals surface area (Å²) in [5.41, 5.74) is 1.16. The monoisotopic (exact) mass is 320 g/mol. The number of benzene rings is 1. The lowest BCUT2D eigenvalue weighted by Crippen LogP contribution is -2.48. The zero-order valence-electron chi connectivity index (χ0n) is 14.4. The van der Waals surface area contributed by atoms with Gasteiger partial charge >= 0.3 is 6.03 Å². The normalized spacial score (nSPS) is 16.9. The lowest BCUT2D eigenvalue weighted by atomic mass is 10.1. The fourth-order valence-corrected chi connectivity index (χ4v) is 2.97. The highest BCUT2D eigenvalue weighted by atomic mass is 16.5. The first kappa shape index (κ1) is 17.6. The topological polar surface area (TPSA) is 50.8 Å². The quantitative estimate of drug-likeness (QED) is 0.877. The van der Waals surface area contributed by atoms with E-state index in [9.17, 15) is 4.79 Å². The maximum absolute atomic E-state index is 12.3. The number of piperidine rings is 1. The van der Waals surface area contributed by atoms with Crippen LogP contribution in [-0.4, -0.2) is 49.9 Å². The van der Waals surface area contributed by atoms with Crippen LogP contribution in [0.25, 0.3) is 0 Å². The van der Waals surface area contributed by atoms with Crippen molar-refractivity contribution < 1.29 is 14.3 Å². The van der Waals surface area contributed by atoms with Crippen LogP contribution in [0.5, 0.6) is 5.75 Å². The van der Waals surface area contributed by atoms with Crippen LogP contribution in [0.2, 0.25) is 0 Å². The second-order valence-electron chi connectivity index (χ2n) is 6.05. The van der Waals surface area contributed by atoms with Crippen LogP contribution in [0.1, 0.15) is 32.3 Å². The summed E-state index contributed by atoms with van der Waals surface area (Å²) in [6.45, 7) is 6.32. The van der Waals surface area contributed by atoms with Crippen molar-refractivity contribution in [2.24, 2.45) is 0 Å². The van der Waals surface area contributed by atoms with Gasteiger partial charge in [-0.15, -0.1) is 0 Å². The van der Waals surface area contributed by atoms with Gasteiger partial charge < -0.3 is 19.7 Å². The number of rotatable bonds is 6. The number of ether oxygens (including phenoxy) is 2. The third kappa shape index (κ3) is 5.43. The summed E-state index contributed by atoms with van der Waals surface area (Å²) >= 11 is 0. The Hall–Kier alpha value is -1.75. The molecule has 0 bridgehead atoms. The second kappa shape index (κ2) is 8.77. The van der Waals surface area contributed by atoms with Crippen molar-refractivity contribution in [1.29, 1.82) is 0 Å². The summed E-state index contributed by atoms with van der Waals surface area (Å²) in [6, 6.07) is 8.07. The van der Waals surface area contributed by atoms with Gasteiger partial charge in [-0.05, 0) is 50.8 Å². The Morgan fingerprint density at radius 3 is 2.78 bits per heavy atom. The highest BCUT2D eigenvalue weighted by Gasteiger charge is 2.23. The first-order valence-corrected chi connectivity index (χ1v) is 8.42. The van der Waals surface area contributed by atoms with E-state index in [1.807, 2.05) is 36.9 Å². The molecule has 0 aromatic heterocycles. The van der Waals surface area contributed by atoms with Crippen LogP contribution in [-0.2, 0) is 11.2 Å². The lowest BCUT2D eigenvalue weighted by Gasteiger charge is -2.32. The molecule has 0 radical (unpaired) electrons. The minimum atomic E-state index is 0.0235. The van der Waals surface area contributed by atoms with E-state index >= 15 is 0 Å². The molecule has 1 heterocycles. The van der Waals surface area contributed by atoms with E-state index in [-0.39, 0.29) is 12.1 Å². The maximum atomic E-state index is 12.3. The second-order valence-corrected chi connectivity index (χ2v) is 6.05. The van der Waals surface area contributed by atoms with Gasteiger partial charge in [-0.25, -0.2) is 4.79 Å². The Morgan fingerprint density at radius 2 is 2.13 bits per heavy atom. The molecule has 1 aliphatic heterocycles. The Balaban J connectivity index is 1.78. The largest absolute Gasteiger partial charge is 0.497 e. The number of hydrogen-bond acceptors (Lipinski definition) is 3. The van der Waals surface area contributed by atoms with Crippen LogP contribution in [0.4, 0.5) is 4.79 Å². The fourth-order valence-electron chi connectivity index (χ4n) is 2.97. The van der Waals surface area contributed by atoms with Gasteiger partial charge in [0, 0.05) is 25.7 Å². The van der Waals surface area contributed by atoms with Crippen LogP contribution in [0, 0.1) is 0 Å². The van der Waals surface area contributed by atoms with E-state index in [4.69, 9.17) is 9.47 Å². The van der Waals surface area contributed by atoms with Crippen molar-refractivity contribution in [3.63, 3.8) is 0 Å². The van der Waals surface area contributed by atoms with Gasteiger partial charge in [0.1, 0.15) is 5.75 Å². The molecule has 1 N–H and O–H groups in total. The number of likely N-dealkylation sites (tertiary alicyclic amines) is 1. The average molecular weight is 320 g/mol. The highest BCUT2D eigenvalue weighted by Crippen LogP contribution is 2.15. The first-order valence-electron chi connectivity index (χ1n) is 8.42. The highest BCUT2D eigenvalue weighted by molar-refractivity contribution is 5.74. The molecule has 0 aliphatic carbocycles. The third-order valence-corrected chi connectivity index (χ3v) is 4.18. The zero-order chi connectivity index (χ0) is 16.7. The molecule has 2 rings (SSSR count). The number of urea groups is 1. The van der Waals surface area contributed by atoms with Crippen molar-refractivity contribution in [3.05, 3.63) is 29.8 Å². The first-order chi connectivity index (χ1) is 11.1. The molecule has 0 unspecified atom stereocenters. The van der Waals surface area contributed by atoms with E-state index in [1.54, 1.807) is 7.11 Å². The standard InChI is InChI=1S/C18H28N2O3/c1-4-23-16-8-10-20(11-9-16)18(21)19-14(2)12-15-6-5-7-17(13-15)22-3/h5-7,13-14,16H,4,8-12H2,1-3H3,(H,19,21)/t14-/m1/s1. The Labute approximate surface area is 139 Å². The molecule has 1 aliphatic rings. The van der Waals surface area contributed by atoms with Crippen molar-refractivity contribution in [2.75, 3.05) is 26.8 Å². The van der Waals surface area contributed by atoms with Crippen molar-refractivity contribution >= 4 is 6.03 Å². The SMILES string of the molecule is CCOC1CCN(C(=O)N[C@H](C)Cc2cccc(OC)c2)CC1. The van der Waals surface area contributed by atoms with Gasteiger partial charge in [0.2, 0.25) is 0 Å². The van der Waals surface area contributed by atoms with Crippen molar-refractivity contribution in [3.8, 4) is 5.75 Å². The van der Waals surface area contributed by atoms with Crippen LogP contribution in [0.15, 0.2) is 24.3 Å². The maximum Gasteiger partial charge on any atom is 0.317 e. The number of hydrogen-bond donors (Lipinski definition) is 1. The summed E-state index contributed by atoms with van der Waals surface area (Å²) in [7, 11) is 1.66. The van der Waals surface area contributed by atoms with E-state index in [0.29, 0.717) is 6.10 Å². The van der Waals surface area contributed by atoms with Crippen molar-refractivity contribution in [2.45, 2.75) is 45.3 Å². The fraction of sp³-hybridized carbons (Fsp3) is 0.611. The van der Waals surface area contributed by atoms with Gasteiger partial charge in [0.25, 0.3) is 0 Å². The molecule has 1 atom stereocenters. The molecule has 1 saturated heterocycles. The predicted molar refractivity (Wildman–Crippen MR) is 90.9 cm³/mol. The smallest absolute Gasteiger partial charge is 0.317 e. The number of carbonyl (C=O) groups is 1. The van der Waals surface area contributed by atoms with Crippen molar-refractivity contribution in [1.82, 2.24) is 10.2 Å².